The first-order chi connectivity index (χ1) is 9.08. The smallest absolute Gasteiger partial charge is 0.387 e. The number of nitrogens with zero attached hydrogens (tertiary/aromatic N) is 1. The van der Waals surface area contributed by atoms with Gasteiger partial charge >= 0.3 is 6.61 Å². The molecule has 2 aromatic rings. The summed E-state index contributed by atoms with van der Waals surface area (Å²) in [7, 11) is 0. The number of hydrogen-bond acceptors (Lipinski definition) is 4. The van der Waals surface area contributed by atoms with Crippen LogP contribution in [0.3, 0.4) is 0 Å². The van der Waals surface area contributed by atoms with E-state index in [4.69, 9.17) is 0 Å². The van der Waals surface area contributed by atoms with E-state index in [1.54, 1.807) is 6.07 Å². The van der Waals surface area contributed by atoms with Crippen molar-refractivity contribution < 1.29 is 18.3 Å². The van der Waals surface area contributed by atoms with Crippen LogP contribution in [0.15, 0.2) is 18.2 Å². The average Bonchev–Trinajstić information content (AvgIpc) is 2.69. The summed E-state index contributed by atoms with van der Waals surface area (Å²) in [4.78, 5) is 15.6. The highest BCUT2D eigenvalue weighted by Crippen LogP contribution is 2.29. The number of amides is 1. The number of nitrogens with one attached hydrogen (secondary N) is 1. The molecule has 0 aliphatic carbocycles. The Morgan fingerprint density at radius 3 is 3.00 bits per heavy atom. The number of thiazole rings is 1. The van der Waals surface area contributed by atoms with Crippen LogP contribution in [0.1, 0.15) is 19.8 Å². The van der Waals surface area contributed by atoms with Crippen LogP contribution in [0.25, 0.3) is 10.2 Å². The molecule has 7 heteroatoms. The molecular formula is C12H12F2N2O2S. The fraction of sp³-hybridized carbons (Fsp3) is 0.333. The van der Waals surface area contributed by atoms with Gasteiger partial charge in [-0.15, -0.1) is 0 Å². The lowest BCUT2D eigenvalue weighted by Crippen LogP contribution is -2.09. The molecule has 19 heavy (non-hydrogen) atoms. The molecule has 0 unspecified atom stereocenters. The Morgan fingerprint density at radius 1 is 1.53 bits per heavy atom. The first-order valence-electron chi connectivity index (χ1n) is 5.73. The Balaban J connectivity index is 2.18. The molecule has 0 bridgehead atoms. The van der Waals surface area contributed by atoms with Crippen LogP contribution in [0.4, 0.5) is 13.9 Å². The number of alkyl halides is 2. The van der Waals surface area contributed by atoms with Gasteiger partial charge in [0.05, 0.1) is 10.2 Å². The van der Waals surface area contributed by atoms with Crippen molar-refractivity contribution in [2.75, 3.05) is 5.32 Å². The third kappa shape index (κ3) is 3.60. The average molecular weight is 286 g/mol. The Bertz CT molecular complexity index is 586. The SMILES string of the molecule is CCCC(=O)Nc1nc2ccc(OC(F)F)cc2s1. The lowest BCUT2D eigenvalue weighted by Gasteiger charge is -2.02. The van der Waals surface area contributed by atoms with Crippen LogP contribution < -0.4 is 10.1 Å². The van der Waals surface area contributed by atoms with Gasteiger partial charge < -0.3 is 10.1 Å². The molecule has 0 aliphatic rings. The van der Waals surface area contributed by atoms with Crippen molar-refractivity contribution in [3.8, 4) is 5.75 Å². The van der Waals surface area contributed by atoms with E-state index in [-0.39, 0.29) is 11.7 Å². The normalized spacial score (nSPS) is 10.9. The van der Waals surface area contributed by atoms with Crippen LogP contribution >= 0.6 is 11.3 Å². The summed E-state index contributed by atoms with van der Waals surface area (Å²) in [6.45, 7) is -0.944. The quantitative estimate of drug-likeness (QED) is 0.913. The first-order valence-corrected chi connectivity index (χ1v) is 6.55. The van der Waals surface area contributed by atoms with E-state index >= 15 is 0 Å². The molecule has 1 heterocycles. The largest absolute Gasteiger partial charge is 0.435 e. The maximum Gasteiger partial charge on any atom is 0.387 e. The second-order valence-corrected chi connectivity index (χ2v) is 4.86. The standard InChI is InChI=1S/C12H12F2N2O2S/c1-2-3-10(17)16-12-15-8-5-4-7(18-11(13)14)6-9(8)19-12/h4-6,11H,2-3H2,1H3,(H,15,16,17). The number of anilines is 1. The lowest BCUT2D eigenvalue weighted by molar-refractivity contribution is -0.116. The number of halogens is 2. The zero-order chi connectivity index (χ0) is 13.8. The summed E-state index contributed by atoms with van der Waals surface area (Å²) in [5, 5.41) is 3.13. The van der Waals surface area contributed by atoms with Gasteiger partial charge in [-0.05, 0) is 24.6 Å². The van der Waals surface area contributed by atoms with Crippen molar-refractivity contribution in [3.63, 3.8) is 0 Å². The number of benzene rings is 1. The molecule has 0 atom stereocenters. The number of aromatic nitrogens is 1. The molecule has 0 saturated carbocycles. The molecule has 1 aromatic carbocycles. The number of ether oxygens (including phenoxy) is 1. The monoisotopic (exact) mass is 286 g/mol. The fourth-order valence-electron chi connectivity index (χ4n) is 1.54. The minimum atomic E-state index is -2.85. The molecule has 0 fully saturated rings. The zero-order valence-electron chi connectivity index (χ0n) is 10.2. The molecule has 0 spiro atoms. The van der Waals surface area contributed by atoms with Gasteiger partial charge in [-0.3, -0.25) is 4.79 Å². The number of fused-ring (bicyclic) bond motifs is 1. The second kappa shape index (κ2) is 5.92. The highest BCUT2D eigenvalue weighted by Gasteiger charge is 2.10. The van der Waals surface area contributed by atoms with Crippen LogP contribution in [-0.2, 0) is 4.79 Å². The predicted octanol–water partition coefficient (Wildman–Crippen LogP) is 3.64. The number of hydrogen-bond donors (Lipinski definition) is 1. The van der Waals surface area contributed by atoms with E-state index in [9.17, 15) is 13.6 Å². The molecule has 0 saturated heterocycles. The van der Waals surface area contributed by atoms with Gasteiger partial charge in [-0.1, -0.05) is 18.3 Å². The van der Waals surface area contributed by atoms with Crippen molar-refractivity contribution in [3.05, 3.63) is 18.2 Å². The van der Waals surface area contributed by atoms with Crippen LogP contribution in [0.5, 0.6) is 5.75 Å². The maximum atomic E-state index is 12.1. The fourth-order valence-corrected chi connectivity index (χ4v) is 2.45. The molecule has 1 aromatic heterocycles. The summed E-state index contributed by atoms with van der Waals surface area (Å²) in [5.41, 5.74) is 0.637. The second-order valence-electron chi connectivity index (χ2n) is 3.83. The van der Waals surface area contributed by atoms with E-state index in [2.05, 4.69) is 15.0 Å². The molecule has 1 N–H and O–H groups in total. The first kappa shape index (κ1) is 13.7. The van der Waals surface area contributed by atoms with Crippen LogP contribution in [0, 0.1) is 0 Å². The molecule has 0 aliphatic heterocycles. The van der Waals surface area contributed by atoms with E-state index in [1.165, 1.54) is 23.5 Å². The van der Waals surface area contributed by atoms with Gasteiger partial charge in [0.15, 0.2) is 5.13 Å². The Labute approximate surface area is 112 Å². The maximum absolute atomic E-state index is 12.1. The van der Waals surface area contributed by atoms with Crippen molar-refractivity contribution in [1.29, 1.82) is 0 Å². The third-order valence-electron chi connectivity index (χ3n) is 2.31. The molecule has 1 amide bonds. The van der Waals surface area contributed by atoms with Crippen molar-refractivity contribution in [1.82, 2.24) is 4.98 Å². The Kier molecular flexibility index (Phi) is 4.26. The van der Waals surface area contributed by atoms with Gasteiger partial charge in [0.1, 0.15) is 5.75 Å². The summed E-state index contributed by atoms with van der Waals surface area (Å²) in [6.07, 6.45) is 1.18. The summed E-state index contributed by atoms with van der Waals surface area (Å²) in [6, 6.07) is 4.49. The molecule has 0 radical (unpaired) electrons. The summed E-state index contributed by atoms with van der Waals surface area (Å²) >= 11 is 1.22. The zero-order valence-corrected chi connectivity index (χ0v) is 11.0. The van der Waals surface area contributed by atoms with Gasteiger partial charge in [-0.2, -0.15) is 8.78 Å². The summed E-state index contributed by atoms with van der Waals surface area (Å²) in [5.74, 6) is -0.0248. The van der Waals surface area contributed by atoms with E-state index in [1.807, 2.05) is 6.92 Å². The Morgan fingerprint density at radius 2 is 2.32 bits per heavy atom. The molecule has 4 nitrogen and oxygen atoms in total. The van der Waals surface area contributed by atoms with E-state index in [0.717, 1.165) is 6.42 Å². The number of carbonyl (C=O) groups is 1. The van der Waals surface area contributed by atoms with Crippen molar-refractivity contribution in [2.45, 2.75) is 26.4 Å². The van der Waals surface area contributed by atoms with Gasteiger partial charge in [-0.25, -0.2) is 4.98 Å². The number of rotatable bonds is 5. The predicted molar refractivity (Wildman–Crippen MR) is 69.8 cm³/mol. The van der Waals surface area contributed by atoms with Crippen LogP contribution in [0.2, 0.25) is 0 Å². The molecular weight excluding hydrogens is 274 g/mol. The highest BCUT2D eigenvalue weighted by molar-refractivity contribution is 7.22. The Hall–Kier alpha value is -1.76. The third-order valence-corrected chi connectivity index (χ3v) is 3.24. The van der Waals surface area contributed by atoms with Gasteiger partial charge in [0.25, 0.3) is 0 Å². The van der Waals surface area contributed by atoms with Crippen molar-refractivity contribution in [2.24, 2.45) is 0 Å². The number of carbonyl (C=O) groups excluding carboxylic acids is 1. The minimum Gasteiger partial charge on any atom is -0.435 e. The lowest BCUT2D eigenvalue weighted by atomic mass is 10.3. The highest BCUT2D eigenvalue weighted by atomic mass is 32.1. The van der Waals surface area contributed by atoms with E-state index < -0.39 is 6.61 Å². The molecule has 2 rings (SSSR count). The molecule has 102 valence electrons. The minimum absolute atomic E-state index is 0.0811. The van der Waals surface area contributed by atoms with Gasteiger partial charge in [0.2, 0.25) is 5.91 Å². The van der Waals surface area contributed by atoms with Gasteiger partial charge in [0, 0.05) is 6.42 Å². The van der Waals surface area contributed by atoms with Crippen molar-refractivity contribution >= 4 is 32.6 Å². The van der Waals surface area contributed by atoms with E-state index in [0.29, 0.717) is 21.8 Å². The summed E-state index contributed by atoms with van der Waals surface area (Å²) < 4.78 is 29.2. The topological polar surface area (TPSA) is 51.2 Å². The van der Waals surface area contributed by atoms with Crippen LogP contribution in [-0.4, -0.2) is 17.5 Å².